The van der Waals surface area contributed by atoms with Crippen LogP contribution in [0.3, 0.4) is 0 Å². The summed E-state index contributed by atoms with van der Waals surface area (Å²) in [7, 11) is 0. The highest BCUT2D eigenvalue weighted by Crippen LogP contribution is 2.53. The van der Waals surface area contributed by atoms with Gasteiger partial charge in [-0.25, -0.2) is 0 Å². The number of nitrogens with zero attached hydrogens (tertiary/aromatic N) is 3. The third-order valence-corrected chi connectivity index (χ3v) is 11.7. The van der Waals surface area contributed by atoms with Crippen LogP contribution in [0.25, 0.3) is 22.1 Å². The number of rotatable bonds is 8. The first-order chi connectivity index (χ1) is 28.1. The highest BCUT2D eigenvalue weighted by Gasteiger charge is 2.67. The molecule has 3 aliphatic heterocycles. The standard InChI is InChI=1S/C22H22ClF3N2O2.C15H16ClF3O2.C7H6N2/c1-20(2,16-11-15(23)10-14-6-9-30-19(14)16)12-21(29,22(24,25)26)13-28-8-5-17-18(28)4-3-7-27-17;1-13(2,7-14(8-21-14)15(17,18)19)11-6-10(16)5-9-3-4-20-12(9)11;1-2-6-7(8-4-1)3-5-9-6/h3-5,7-8,10-11,29H,6,9,12-13H2,1-2H3;5-6H,3-4,7-8H2,1-2H3;1-5,9H. The molecule has 0 aliphatic carbocycles. The van der Waals surface area contributed by atoms with Gasteiger partial charge < -0.3 is 28.9 Å². The normalized spacial score (nSPS) is 18.4. The second-order valence-electron chi connectivity index (χ2n) is 16.8. The van der Waals surface area contributed by atoms with Gasteiger partial charge in [-0.15, -0.1) is 0 Å². The van der Waals surface area contributed by atoms with E-state index in [4.69, 9.17) is 37.4 Å². The van der Waals surface area contributed by atoms with E-state index < -0.39 is 47.4 Å². The van der Waals surface area contributed by atoms with E-state index in [1.807, 2.05) is 30.5 Å². The minimum Gasteiger partial charge on any atom is -0.493 e. The first-order valence-electron chi connectivity index (χ1n) is 19.3. The maximum absolute atomic E-state index is 14.2. The van der Waals surface area contributed by atoms with Gasteiger partial charge in [0.25, 0.3) is 0 Å². The van der Waals surface area contributed by atoms with Gasteiger partial charge in [0.05, 0.1) is 48.4 Å². The van der Waals surface area contributed by atoms with Gasteiger partial charge in [-0.1, -0.05) is 50.9 Å². The van der Waals surface area contributed by atoms with E-state index in [0.29, 0.717) is 57.8 Å². The largest absolute Gasteiger partial charge is 0.493 e. The summed E-state index contributed by atoms with van der Waals surface area (Å²) in [5.74, 6) is 1.26. The highest BCUT2D eigenvalue weighted by atomic mass is 35.5. The fraction of sp³-hybridized carbons (Fsp3) is 0.409. The Hall–Kier alpha value is -4.50. The monoisotopic (exact) mass is 876 g/mol. The van der Waals surface area contributed by atoms with Gasteiger partial charge in [0.15, 0.2) is 11.2 Å². The van der Waals surface area contributed by atoms with Crippen LogP contribution < -0.4 is 9.47 Å². The molecule has 2 unspecified atom stereocenters. The van der Waals surface area contributed by atoms with E-state index in [-0.39, 0.29) is 13.0 Å². The lowest BCUT2D eigenvalue weighted by molar-refractivity contribution is -0.271. The van der Waals surface area contributed by atoms with Crippen LogP contribution >= 0.6 is 23.2 Å². The lowest BCUT2D eigenvalue weighted by atomic mass is 9.74. The Kier molecular flexibility index (Phi) is 11.7. The molecule has 4 aromatic heterocycles. The first-order valence-corrected chi connectivity index (χ1v) is 20.1. The van der Waals surface area contributed by atoms with Gasteiger partial charge in [0, 0.05) is 58.8 Å². The van der Waals surface area contributed by atoms with Crippen LogP contribution in [0.15, 0.2) is 85.5 Å². The minimum atomic E-state index is -4.84. The maximum atomic E-state index is 14.2. The minimum absolute atomic E-state index is 0.139. The number of hydrogen-bond donors (Lipinski definition) is 2. The summed E-state index contributed by atoms with van der Waals surface area (Å²) in [6.45, 7) is 6.98. The summed E-state index contributed by atoms with van der Waals surface area (Å²) >= 11 is 12.3. The van der Waals surface area contributed by atoms with Crippen LogP contribution in [0.2, 0.25) is 10.0 Å². The zero-order valence-corrected chi connectivity index (χ0v) is 34.8. The number of aliphatic hydroxyl groups is 1. The molecule has 2 atom stereocenters. The molecular weight excluding hydrogens is 833 g/mol. The van der Waals surface area contributed by atoms with E-state index in [0.717, 1.165) is 34.1 Å². The fourth-order valence-corrected chi connectivity index (χ4v) is 8.68. The molecule has 320 valence electrons. The molecule has 8 nitrogen and oxygen atoms in total. The Morgan fingerprint density at radius 1 is 0.783 bits per heavy atom. The van der Waals surface area contributed by atoms with Gasteiger partial charge in [-0.3, -0.25) is 9.97 Å². The summed E-state index contributed by atoms with van der Waals surface area (Å²) in [6.07, 6.45) is -1.73. The topological polar surface area (TPSA) is 97.7 Å². The molecule has 1 fully saturated rings. The molecule has 16 heteroatoms. The number of fused-ring (bicyclic) bond motifs is 4. The van der Waals surface area contributed by atoms with Gasteiger partial charge in [-0.05, 0) is 95.5 Å². The van der Waals surface area contributed by atoms with Crippen LogP contribution in [0.4, 0.5) is 26.3 Å². The number of ether oxygens (including phenoxy) is 3. The van der Waals surface area contributed by atoms with Gasteiger partial charge in [0.1, 0.15) is 11.5 Å². The molecule has 1 saturated heterocycles. The molecule has 0 amide bonds. The molecule has 2 aromatic carbocycles. The molecule has 0 spiro atoms. The lowest BCUT2D eigenvalue weighted by Crippen LogP contribution is -2.52. The van der Waals surface area contributed by atoms with Crippen molar-refractivity contribution in [2.75, 3.05) is 19.8 Å². The molecule has 6 aromatic rings. The Morgan fingerprint density at radius 3 is 1.90 bits per heavy atom. The maximum Gasteiger partial charge on any atom is 0.419 e. The Labute approximate surface area is 352 Å². The van der Waals surface area contributed by atoms with Crippen LogP contribution in [0, 0.1) is 0 Å². The Balaban J connectivity index is 0.000000156. The SMILES string of the molecule is CC(C)(CC(O)(Cn1ccc2ncccc21)C(F)(F)F)c1cc(Cl)cc2c1OCC2.CC(C)(CC1(C(F)(F)F)CO1)c1cc(Cl)cc2c1OCC2.c1cnc2cc[nH]c2c1. The fourth-order valence-electron chi connectivity index (χ4n) is 8.20. The van der Waals surface area contributed by atoms with Gasteiger partial charge in [-0.2, -0.15) is 26.3 Å². The van der Waals surface area contributed by atoms with E-state index in [2.05, 4.69) is 15.0 Å². The zero-order chi connectivity index (χ0) is 43.3. The molecule has 7 heterocycles. The summed E-state index contributed by atoms with van der Waals surface area (Å²) in [5, 5.41) is 11.9. The summed E-state index contributed by atoms with van der Waals surface area (Å²) in [6, 6.07) is 17.8. The molecule has 0 radical (unpaired) electrons. The van der Waals surface area contributed by atoms with Crippen molar-refractivity contribution in [2.24, 2.45) is 0 Å². The summed E-state index contributed by atoms with van der Waals surface area (Å²) in [5.41, 5.74) is -0.424. The van der Waals surface area contributed by atoms with E-state index in [1.54, 1.807) is 76.5 Å². The quantitative estimate of drug-likeness (QED) is 0.117. The van der Waals surface area contributed by atoms with Crippen molar-refractivity contribution in [3.63, 3.8) is 0 Å². The van der Waals surface area contributed by atoms with Crippen molar-refractivity contribution in [3.8, 4) is 11.5 Å². The zero-order valence-electron chi connectivity index (χ0n) is 33.3. The van der Waals surface area contributed by atoms with Crippen LogP contribution in [0.5, 0.6) is 11.5 Å². The molecule has 60 heavy (non-hydrogen) atoms. The van der Waals surface area contributed by atoms with Crippen molar-refractivity contribution in [3.05, 3.63) is 118 Å². The second-order valence-corrected chi connectivity index (χ2v) is 17.6. The average Bonchev–Trinajstić information content (AvgIpc) is 3.64. The number of hydrogen-bond acceptors (Lipinski definition) is 6. The molecular formula is C44H44Cl2F6N4O4. The summed E-state index contributed by atoms with van der Waals surface area (Å²) in [4.78, 5) is 11.3. The average molecular weight is 878 g/mol. The van der Waals surface area contributed by atoms with Gasteiger partial charge in [0.2, 0.25) is 0 Å². The number of epoxide rings is 1. The van der Waals surface area contributed by atoms with Crippen molar-refractivity contribution in [1.29, 1.82) is 0 Å². The van der Waals surface area contributed by atoms with Crippen LogP contribution in [-0.2, 0) is 35.0 Å². The third kappa shape index (κ3) is 8.93. The highest BCUT2D eigenvalue weighted by molar-refractivity contribution is 6.31. The van der Waals surface area contributed by atoms with Crippen molar-refractivity contribution >= 4 is 45.3 Å². The number of pyridine rings is 2. The lowest BCUT2D eigenvalue weighted by Gasteiger charge is -2.38. The van der Waals surface area contributed by atoms with Crippen LogP contribution in [0.1, 0.15) is 62.8 Å². The molecule has 3 aliphatic rings. The molecule has 9 rings (SSSR count). The van der Waals surface area contributed by atoms with Gasteiger partial charge >= 0.3 is 12.4 Å². The number of halogens is 8. The second kappa shape index (κ2) is 16.1. The van der Waals surface area contributed by atoms with Crippen molar-refractivity contribution in [1.82, 2.24) is 19.5 Å². The van der Waals surface area contributed by atoms with Crippen LogP contribution in [-0.4, -0.2) is 68.0 Å². The number of H-pyrrole nitrogens is 1. The van der Waals surface area contributed by atoms with Crippen molar-refractivity contribution in [2.45, 2.75) is 94.3 Å². The Bertz CT molecular complexity index is 2460. The molecule has 2 N–H and O–H groups in total. The number of aromatic nitrogens is 4. The first kappa shape index (κ1) is 43.6. The Morgan fingerprint density at radius 2 is 1.35 bits per heavy atom. The number of alkyl halides is 6. The van der Waals surface area contributed by atoms with E-state index in [9.17, 15) is 31.4 Å². The van der Waals surface area contributed by atoms with E-state index in [1.165, 1.54) is 10.8 Å². The predicted octanol–water partition coefficient (Wildman–Crippen LogP) is 11.1. The van der Waals surface area contributed by atoms with E-state index >= 15 is 0 Å². The number of aromatic amines is 1. The summed E-state index contributed by atoms with van der Waals surface area (Å²) < 4.78 is 99.3. The smallest absolute Gasteiger partial charge is 0.419 e. The predicted molar refractivity (Wildman–Crippen MR) is 218 cm³/mol. The molecule has 0 saturated carbocycles. The number of benzene rings is 2. The number of nitrogens with one attached hydrogen (secondary N) is 1. The third-order valence-electron chi connectivity index (χ3n) is 11.2. The van der Waals surface area contributed by atoms with Crippen molar-refractivity contribution < 1.29 is 45.7 Å². The molecule has 0 bridgehead atoms.